The van der Waals surface area contributed by atoms with Crippen LogP contribution in [0.3, 0.4) is 0 Å². The monoisotopic (exact) mass is 907 g/mol. The van der Waals surface area contributed by atoms with Crippen LogP contribution in [0.25, 0.3) is 93.2 Å². The molecule has 62 heavy (non-hydrogen) atoms. The van der Waals surface area contributed by atoms with Crippen LogP contribution in [0.15, 0.2) is 182 Å². The Morgan fingerprint density at radius 1 is 0.500 bits per heavy atom. The van der Waals surface area contributed by atoms with Gasteiger partial charge >= 0.3 is 0 Å². The number of aromatic nitrogens is 5. The van der Waals surface area contributed by atoms with Gasteiger partial charge in [0.05, 0.1) is 9.10 Å². The van der Waals surface area contributed by atoms with E-state index in [1.54, 1.807) is 0 Å². The third kappa shape index (κ3) is 6.62. The van der Waals surface area contributed by atoms with Gasteiger partial charge in [0.25, 0.3) is 0 Å². The lowest BCUT2D eigenvalue weighted by Gasteiger charge is -2.21. The molecule has 0 saturated carbocycles. The second-order valence-corrected chi connectivity index (χ2v) is 18.5. The topological polar surface area (TPSA) is 64.5 Å². The van der Waals surface area contributed by atoms with Crippen LogP contribution in [0.4, 0.5) is 0 Å². The zero-order chi connectivity index (χ0) is 41.0. The van der Waals surface area contributed by atoms with Crippen molar-refractivity contribution >= 4 is 50.4 Å². The van der Waals surface area contributed by atoms with E-state index in [9.17, 15) is 0 Å². The number of halogens is 1. The van der Waals surface area contributed by atoms with Crippen LogP contribution in [0.5, 0.6) is 0 Å². The molecule has 294 valence electrons. The van der Waals surface area contributed by atoms with E-state index in [2.05, 4.69) is 131 Å². The minimum absolute atomic E-state index is 0.369. The quantitative estimate of drug-likeness (QED) is 0.149. The Labute approximate surface area is 370 Å². The van der Waals surface area contributed by atoms with Gasteiger partial charge in [-0.25, -0.2) is 24.9 Å². The number of benzene rings is 6. The van der Waals surface area contributed by atoms with Crippen molar-refractivity contribution in [2.24, 2.45) is 0 Å². The molecular weight excluding hydrogens is 870 g/mol. The first-order valence-electron chi connectivity index (χ1n) is 21.2. The van der Waals surface area contributed by atoms with E-state index in [1.165, 1.54) is 48.1 Å². The highest BCUT2D eigenvalue weighted by Gasteiger charge is 2.31. The predicted octanol–water partition coefficient (Wildman–Crippen LogP) is 13.9. The maximum absolute atomic E-state index is 5.20. The maximum atomic E-state index is 5.20. The Morgan fingerprint density at radius 3 is 1.97 bits per heavy atom. The van der Waals surface area contributed by atoms with Crippen LogP contribution in [0.2, 0.25) is 0 Å². The minimum atomic E-state index is -0.369. The molecule has 0 atom stereocenters. The fourth-order valence-electron chi connectivity index (χ4n) is 9.27. The predicted molar refractivity (Wildman–Crippen MR) is 264 cm³/mol. The molecular formula is C56H38IN5. The number of para-hydroxylation sites is 1. The summed E-state index contributed by atoms with van der Waals surface area (Å²) >= 11 is -0.369. The minimum Gasteiger partial charge on any atom is -0.236 e. The Balaban J connectivity index is 0.966. The van der Waals surface area contributed by atoms with Crippen LogP contribution in [-0.4, -0.2) is 28.9 Å². The molecule has 3 heterocycles. The lowest BCUT2D eigenvalue weighted by molar-refractivity contribution is 0.966. The van der Waals surface area contributed by atoms with Gasteiger partial charge in [-0.1, -0.05) is 160 Å². The van der Waals surface area contributed by atoms with Crippen molar-refractivity contribution in [3.05, 3.63) is 204 Å². The second kappa shape index (κ2) is 15.5. The fourth-order valence-corrected chi connectivity index (χ4v) is 11.0. The summed E-state index contributed by atoms with van der Waals surface area (Å²) in [6.45, 7) is 0. The number of hydrogen-bond donors (Lipinski definition) is 0. The van der Waals surface area contributed by atoms with Crippen molar-refractivity contribution in [2.75, 3.05) is 0 Å². The van der Waals surface area contributed by atoms with Gasteiger partial charge in [-0.2, -0.15) is 0 Å². The summed E-state index contributed by atoms with van der Waals surface area (Å²) in [5.41, 5.74) is 19.6. The number of nitrogens with zero attached hydrogens (tertiary/aromatic N) is 5. The van der Waals surface area contributed by atoms with Crippen LogP contribution in [0, 0.1) is 0 Å². The van der Waals surface area contributed by atoms with Crippen molar-refractivity contribution in [3.8, 4) is 67.5 Å². The van der Waals surface area contributed by atoms with Crippen molar-refractivity contribution < 1.29 is 0 Å². The number of allylic oxidation sites excluding steroid dienone is 9. The van der Waals surface area contributed by atoms with Crippen molar-refractivity contribution in [3.63, 3.8) is 0 Å². The van der Waals surface area contributed by atoms with Gasteiger partial charge in [-0.3, -0.25) is 0 Å². The van der Waals surface area contributed by atoms with Gasteiger partial charge in [0.15, 0.2) is 23.3 Å². The molecule has 6 heteroatoms. The van der Waals surface area contributed by atoms with Crippen LogP contribution in [0.1, 0.15) is 41.8 Å². The number of hydrogen-bond acceptors (Lipinski definition) is 5. The first kappa shape index (κ1) is 36.8. The average Bonchev–Trinajstić information content (AvgIpc) is 3.69. The van der Waals surface area contributed by atoms with E-state index in [0.717, 1.165) is 81.4 Å². The van der Waals surface area contributed by atoms with Gasteiger partial charge in [0.2, 0.25) is 0 Å². The summed E-state index contributed by atoms with van der Waals surface area (Å²) in [5, 5.41) is 1.03. The fraction of sp³-hybridized carbons (Fsp3) is 0.0714. The summed E-state index contributed by atoms with van der Waals surface area (Å²) in [7, 11) is 0. The normalized spacial score (nSPS) is 14.9. The van der Waals surface area contributed by atoms with Crippen molar-refractivity contribution in [1.82, 2.24) is 24.9 Å². The Kier molecular flexibility index (Phi) is 9.17. The van der Waals surface area contributed by atoms with Crippen molar-refractivity contribution in [2.45, 2.75) is 25.7 Å². The molecule has 4 aliphatic rings. The average molecular weight is 908 g/mol. The SMILES string of the molecule is C1=CC=C(c2nc(-c3ccccc3)nc(-c3cc(-c4ccc(-c5ncc6ccccc6n5)cc4)cc(-c4ccc(-c5ccc6c7c5CCC=C7C5=C6C=CCC5)cc4)c3)n2)I=C1. The van der Waals surface area contributed by atoms with E-state index in [4.69, 9.17) is 24.9 Å². The largest absolute Gasteiger partial charge is 0.236 e. The summed E-state index contributed by atoms with van der Waals surface area (Å²) in [6, 6.07) is 47.5. The molecule has 0 unspecified atom stereocenters. The zero-order valence-corrected chi connectivity index (χ0v) is 35.9. The molecule has 2 aromatic heterocycles. The highest BCUT2D eigenvalue weighted by Crippen LogP contribution is 2.51. The smallest absolute Gasteiger partial charge is 0.169 e. The van der Waals surface area contributed by atoms with Crippen LogP contribution >= 0.6 is 20.7 Å². The third-order valence-corrected chi connectivity index (χ3v) is 14.6. The third-order valence-electron chi connectivity index (χ3n) is 12.3. The van der Waals surface area contributed by atoms with Gasteiger partial charge in [0.1, 0.15) is 0 Å². The molecule has 3 aliphatic carbocycles. The molecule has 5 nitrogen and oxygen atoms in total. The molecule has 0 fully saturated rings. The van der Waals surface area contributed by atoms with Crippen LogP contribution in [-0.2, 0) is 6.42 Å². The molecule has 8 aromatic rings. The van der Waals surface area contributed by atoms with E-state index < -0.39 is 0 Å². The Morgan fingerprint density at radius 2 is 1.18 bits per heavy atom. The summed E-state index contributed by atoms with van der Waals surface area (Å²) in [5.74, 6) is 2.77. The first-order valence-corrected chi connectivity index (χ1v) is 23.5. The lowest BCUT2D eigenvalue weighted by Crippen LogP contribution is -2.02. The molecule has 0 saturated heterocycles. The van der Waals surface area contributed by atoms with Gasteiger partial charge in [0, 0.05) is 28.3 Å². The van der Waals surface area contributed by atoms with E-state index in [1.807, 2.05) is 48.7 Å². The molecule has 1 aliphatic heterocycles. The Bertz CT molecular complexity index is 3320. The lowest BCUT2D eigenvalue weighted by atomic mass is 9.83. The molecule has 6 aromatic carbocycles. The second-order valence-electron chi connectivity index (χ2n) is 16.0. The van der Waals surface area contributed by atoms with Gasteiger partial charge < -0.3 is 0 Å². The standard InChI is InChI=1S/C56H38IN5/c1-2-11-38(12-3-1)54-60-55(62-56(61-54)50-18-8-9-30-57-50)43-32-41(31-42(33-43)36-22-26-39(27-23-36)53-58-34-40-13-4-7-19-51(40)59-53)35-20-24-37(25-21-35)44-28-29-49-46-15-6-5-14-45(46)48-17-10-16-47(44)52(48)49/h1-4,6-9,11-13,15,17-34H,5,10,14,16H2. The molecule has 0 amide bonds. The Hall–Kier alpha value is -7.03. The van der Waals surface area contributed by atoms with Gasteiger partial charge in [-0.15, -0.1) is 0 Å². The summed E-state index contributed by atoms with van der Waals surface area (Å²) in [6.07, 6.45) is 19.8. The molecule has 0 bridgehead atoms. The summed E-state index contributed by atoms with van der Waals surface area (Å²) < 4.78 is 3.43. The molecule has 0 radical (unpaired) electrons. The highest BCUT2D eigenvalue weighted by atomic mass is 127. The molecule has 12 rings (SSSR count). The number of rotatable bonds is 7. The van der Waals surface area contributed by atoms with E-state index in [0.29, 0.717) is 17.5 Å². The van der Waals surface area contributed by atoms with Crippen molar-refractivity contribution in [1.29, 1.82) is 0 Å². The molecule has 0 N–H and O–H groups in total. The van der Waals surface area contributed by atoms with E-state index in [-0.39, 0.29) is 20.7 Å². The maximum Gasteiger partial charge on any atom is 0.169 e. The highest BCUT2D eigenvalue weighted by molar-refractivity contribution is 14.2. The van der Waals surface area contributed by atoms with E-state index >= 15 is 0 Å². The van der Waals surface area contributed by atoms with Crippen LogP contribution < -0.4 is 0 Å². The summed E-state index contributed by atoms with van der Waals surface area (Å²) in [4.78, 5) is 25.0. The first-order chi connectivity index (χ1) is 30.7. The molecule has 0 spiro atoms. The van der Waals surface area contributed by atoms with Gasteiger partial charge in [-0.05, 0) is 127 Å². The number of fused-ring (bicyclic) bond motifs is 3. The zero-order valence-electron chi connectivity index (χ0n) is 33.8.